The summed E-state index contributed by atoms with van der Waals surface area (Å²) >= 11 is 0. The lowest BCUT2D eigenvalue weighted by atomic mass is 10.1. The second-order valence-corrected chi connectivity index (χ2v) is 3.90. The molecule has 0 aromatic carbocycles. The van der Waals surface area contributed by atoms with E-state index >= 15 is 0 Å². The van der Waals surface area contributed by atoms with Crippen molar-refractivity contribution in [2.75, 3.05) is 0 Å². The van der Waals surface area contributed by atoms with Crippen molar-refractivity contribution in [3.8, 4) is 0 Å². The number of carbonyl (C=O) groups is 1. The molecule has 2 rings (SSSR count). The first-order valence-corrected chi connectivity index (χ1v) is 4.59. The van der Waals surface area contributed by atoms with Gasteiger partial charge in [0.25, 0.3) is 0 Å². The predicted molar refractivity (Wildman–Crippen MR) is 44.0 cm³/mol. The average Bonchev–Trinajstić information content (AvgIpc) is 2.47. The summed E-state index contributed by atoms with van der Waals surface area (Å²) in [5.74, 6) is -0.940. The highest BCUT2D eigenvalue weighted by Crippen LogP contribution is 2.36. The maximum atomic E-state index is 11.3. The molecule has 2 fully saturated rings. The zero-order chi connectivity index (χ0) is 9.64. The van der Waals surface area contributed by atoms with Crippen LogP contribution in [0.2, 0.25) is 0 Å². The van der Waals surface area contributed by atoms with Gasteiger partial charge in [-0.1, -0.05) is 6.92 Å². The van der Waals surface area contributed by atoms with Gasteiger partial charge in [-0.2, -0.15) is 0 Å². The molecule has 3 atom stereocenters. The number of carbonyl (C=O) groups excluding carboxylic acids is 1. The van der Waals surface area contributed by atoms with Gasteiger partial charge in [-0.05, 0) is 20.3 Å². The lowest BCUT2D eigenvalue weighted by Gasteiger charge is -2.20. The lowest BCUT2D eigenvalue weighted by Crippen LogP contribution is -2.28. The van der Waals surface area contributed by atoms with Crippen LogP contribution < -0.4 is 0 Å². The molecule has 2 saturated heterocycles. The number of esters is 1. The minimum absolute atomic E-state index is 0.140. The first-order valence-electron chi connectivity index (χ1n) is 4.59. The Morgan fingerprint density at radius 1 is 1.38 bits per heavy atom. The molecule has 0 aliphatic carbocycles. The molecule has 13 heavy (non-hydrogen) atoms. The Bertz CT molecular complexity index is 236. The molecule has 0 amide bonds. The van der Waals surface area contributed by atoms with E-state index in [0.717, 1.165) is 6.42 Å². The Hall–Kier alpha value is -0.610. The third-order valence-corrected chi connectivity index (χ3v) is 2.40. The average molecular weight is 186 g/mol. The van der Waals surface area contributed by atoms with Crippen LogP contribution in [0.15, 0.2) is 0 Å². The molecule has 0 bridgehead atoms. The summed E-state index contributed by atoms with van der Waals surface area (Å²) in [5, 5.41) is 0. The molecule has 0 aromatic rings. The summed E-state index contributed by atoms with van der Waals surface area (Å²) in [5.41, 5.74) is 0. The van der Waals surface area contributed by atoms with Crippen molar-refractivity contribution in [1.82, 2.24) is 0 Å². The summed E-state index contributed by atoms with van der Waals surface area (Å²) in [6, 6.07) is 0. The highest BCUT2D eigenvalue weighted by molar-refractivity contribution is 5.78. The molecule has 2 aliphatic heterocycles. The van der Waals surface area contributed by atoms with E-state index in [9.17, 15) is 4.79 Å². The molecule has 2 aliphatic rings. The normalized spacial score (nSPS) is 41.8. The molecule has 4 heteroatoms. The fraction of sp³-hybridized carbons (Fsp3) is 0.889. The first kappa shape index (κ1) is 8.97. The summed E-state index contributed by atoms with van der Waals surface area (Å²) in [7, 11) is 0. The van der Waals surface area contributed by atoms with E-state index in [-0.39, 0.29) is 18.2 Å². The van der Waals surface area contributed by atoms with Crippen molar-refractivity contribution >= 4 is 5.97 Å². The smallest absolute Gasteiger partial charge is 0.338 e. The molecular formula is C9H14O4. The van der Waals surface area contributed by atoms with Crippen LogP contribution in [0.5, 0.6) is 0 Å². The van der Waals surface area contributed by atoms with E-state index in [0.29, 0.717) is 0 Å². The topological polar surface area (TPSA) is 44.8 Å². The highest BCUT2D eigenvalue weighted by Gasteiger charge is 2.55. The van der Waals surface area contributed by atoms with Crippen molar-refractivity contribution in [2.24, 2.45) is 0 Å². The lowest BCUT2D eigenvalue weighted by molar-refractivity contribution is -0.186. The zero-order valence-electron chi connectivity index (χ0n) is 8.07. The van der Waals surface area contributed by atoms with E-state index in [1.165, 1.54) is 0 Å². The Labute approximate surface area is 77.1 Å². The van der Waals surface area contributed by atoms with Crippen molar-refractivity contribution in [2.45, 2.75) is 51.3 Å². The Morgan fingerprint density at radius 2 is 2.08 bits per heavy atom. The minimum atomic E-state index is -0.651. The van der Waals surface area contributed by atoms with Crippen LogP contribution in [-0.2, 0) is 19.0 Å². The number of hydrogen-bond donors (Lipinski definition) is 0. The van der Waals surface area contributed by atoms with Gasteiger partial charge in [-0.25, -0.2) is 4.79 Å². The molecule has 0 N–H and O–H groups in total. The van der Waals surface area contributed by atoms with Crippen LogP contribution in [0.25, 0.3) is 0 Å². The van der Waals surface area contributed by atoms with E-state index in [2.05, 4.69) is 0 Å². The molecule has 4 nitrogen and oxygen atoms in total. The highest BCUT2D eigenvalue weighted by atomic mass is 16.8. The standard InChI is InChI=1S/C9H14O4/c1-4-5-6-7(8(10)11-5)13-9(2,3)12-6/h5-7H,4H2,1-3H3. The molecule has 0 radical (unpaired) electrons. The maximum Gasteiger partial charge on any atom is 0.338 e. The number of cyclic esters (lactones) is 1. The molecular weight excluding hydrogens is 172 g/mol. The number of rotatable bonds is 1. The van der Waals surface area contributed by atoms with Gasteiger partial charge in [0.2, 0.25) is 0 Å². The summed E-state index contributed by atoms with van der Waals surface area (Å²) in [6.45, 7) is 5.59. The van der Waals surface area contributed by atoms with Gasteiger partial charge in [0, 0.05) is 0 Å². The number of fused-ring (bicyclic) bond motifs is 1. The van der Waals surface area contributed by atoms with E-state index in [1.54, 1.807) is 0 Å². The van der Waals surface area contributed by atoms with Crippen LogP contribution in [0.1, 0.15) is 27.2 Å². The largest absolute Gasteiger partial charge is 0.457 e. The first-order chi connectivity index (χ1) is 6.03. The van der Waals surface area contributed by atoms with Crippen LogP contribution in [0.4, 0.5) is 0 Å². The SMILES string of the molecule is CCC1OC(=O)C2OC(C)(C)OC12. The Kier molecular flexibility index (Phi) is 1.85. The summed E-state index contributed by atoms with van der Waals surface area (Å²) in [6.07, 6.45) is -0.0986. The molecule has 0 aromatic heterocycles. The van der Waals surface area contributed by atoms with Gasteiger partial charge in [0.1, 0.15) is 12.2 Å². The van der Waals surface area contributed by atoms with Crippen LogP contribution in [-0.4, -0.2) is 30.1 Å². The van der Waals surface area contributed by atoms with Gasteiger partial charge >= 0.3 is 5.97 Å². The fourth-order valence-corrected chi connectivity index (χ4v) is 1.84. The second-order valence-electron chi connectivity index (χ2n) is 3.90. The second kappa shape index (κ2) is 2.69. The molecule has 0 spiro atoms. The predicted octanol–water partition coefficient (Wildman–Crippen LogP) is 0.842. The van der Waals surface area contributed by atoms with Gasteiger partial charge in [0.15, 0.2) is 11.9 Å². The molecule has 0 saturated carbocycles. The van der Waals surface area contributed by atoms with Crippen LogP contribution in [0, 0.1) is 0 Å². The van der Waals surface area contributed by atoms with Crippen molar-refractivity contribution in [1.29, 1.82) is 0 Å². The van der Waals surface area contributed by atoms with Gasteiger partial charge < -0.3 is 14.2 Å². The molecule has 3 unspecified atom stereocenters. The van der Waals surface area contributed by atoms with E-state index in [4.69, 9.17) is 14.2 Å². The minimum Gasteiger partial charge on any atom is -0.457 e. The number of ether oxygens (including phenoxy) is 3. The fourth-order valence-electron chi connectivity index (χ4n) is 1.84. The Balaban J connectivity index is 2.17. The summed E-state index contributed by atoms with van der Waals surface area (Å²) in [4.78, 5) is 11.3. The Morgan fingerprint density at radius 3 is 2.69 bits per heavy atom. The van der Waals surface area contributed by atoms with Gasteiger partial charge in [0.05, 0.1) is 0 Å². The summed E-state index contributed by atoms with van der Waals surface area (Å²) < 4.78 is 16.1. The van der Waals surface area contributed by atoms with Crippen molar-refractivity contribution in [3.63, 3.8) is 0 Å². The van der Waals surface area contributed by atoms with E-state index in [1.807, 2.05) is 20.8 Å². The van der Waals surface area contributed by atoms with Crippen LogP contribution in [0.3, 0.4) is 0 Å². The van der Waals surface area contributed by atoms with Crippen molar-refractivity contribution in [3.05, 3.63) is 0 Å². The third kappa shape index (κ3) is 1.34. The quantitative estimate of drug-likeness (QED) is 0.569. The van der Waals surface area contributed by atoms with Gasteiger partial charge in [-0.15, -0.1) is 0 Å². The molecule has 74 valence electrons. The maximum absolute atomic E-state index is 11.3. The van der Waals surface area contributed by atoms with Crippen molar-refractivity contribution < 1.29 is 19.0 Å². The monoisotopic (exact) mass is 186 g/mol. The molecule has 2 heterocycles. The zero-order valence-corrected chi connectivity index (χ0v) is 8.07. The van der Waals surface area contributed by atoms with Gasteiger partial charge in [-0.3, -0.25) is 0 Å². The third-order valence-electron chi connectivity index (χ3n) is 2.40. The number of hydrogen-bond acceptors (Lipinski definition) is 4. The van der Waals surface area contributed by atoms with Crippen LogP contribution >= 0.6 is 0 Å². The van der Waals surface area contributed by atoms with E-state index < -0.39 is 11.9 Å².